The molecule has 0 aliphatic carbocycles. The van der Waals surface area contributed by atoms with Gasteiger partial charge in [0.2, 0.25) is 0 Å². The van der Waals surface area contributed by atoms with Crippen molar-refractivity contribution in [2.45, 2.75) is 32.4 Å². The molecule has 0 unspecified atom stereocenters. The summed E-state index contributed by atoms with van der Waals surface area (Å²) in [6.07, 6.45) is 0.612. The number of hydrogen-bond donors (Lipinski definition) is 1. The molecule has 3 aromatic carbocycles. The first-order valence-electron chi connectivity index (χ1n) is 9.71. The van der Waals surface area contributed by atoms with Gasteiger partial charge in [-0.15, -0.1) is 0 Å². The fourth-order valence-corrected chi connectivity index (χ4v) is 4.34. The number of hydrogen-bond acceptors (Lipinski definition) is 2. The Kier molecular flexibility index (Phi) is 3.99. The lowest BCUT2D eigenvalue weighted by molar-refractivity contribution is 0.0669. The van der Waals surface area contributed by atoms with Crippen molar-refractivity contribution in [1.29, 1.82) is 0 Å². The highest BCUT2D eigenvalue weighted by Gasteiger charge is 2.24. The minimum Gasteiger partial charge on any atom is -0.390 e. The van der Waals surface area contributed by atoms with Crippen LogP contribution in [0.4, 0.5) is 0 Å². The number of carbonyl (C=O) groups excluding carboxylic acids is 1. The second-order valence-electron chi connectivity index (χ2n) is 8.21. The molecule has 0 fully saturated rings. The molecule has 4 nitrogen and oxygen atoms in total. The second kappa shape index (κ2) is 6.34. The molecule has 0 aliphatic heterocycles. The molecular weight excluding hydrogens is 384 g/mol. The van der Waals surface area contributed by atoms with Crippen molar-refractivity contribution < 1.29 is 9.90 Å². The maximum atomic E-state index is 13.2. The van der Waals surface area contributed by atoms with Crippen LogP contribution in [0, 0.1) is 0 Å². The molecule has 146 valence electrons. The normalized spacial score (nSPS) is 12.6. The van der Waals surface area contributed by atoms with Gasteiger partial charge >= 0.3 is 0 Å². The molecule has 2 bridgehead atoms. The number of para-hydroxylation sites is 1. The fourth-order valence-electron chi connectivity index (χ4n) is 4.12. The molecule has 0 saturated heterocycles. The zero-order chi connectivity index (χ0) is 20.3. The highest BCUT2D eigenvalue weighted by molar-refractivity contribution is 6.34. The number of pyridine rings is 1. The summed E-state index contributed by atoms with van der Waals surface area (Å²) in [6, 6.07) is 19.5. The van der Waals surface area contributed by atoms with Crippen molar-refractivity contribution >= 4 is 50.3 Å². The van der Waals surface area contributed by atoms with Gasteiger partial charge in [-0.25, -0.2) is 0 Å². The summed E-state index contributed by atoms with van der Waals surface area (Å²) in [6.45, 7) is 4.30. The Morgan fingerprint density at radius 1 is 1.00 bits per heavy atom. The lowest BCUT2D eigenvalue weighted by Gasteiger charge is -2.21. The summed E-state index contributed by atoms with van der Waals surface area (Å²) >= 11 is 6.28. The summed E-state index contributed by atoms with van der Waals surface area (Å²) in [5.74, 6) is -0.121. The van der Waals surface area contributed by atoms with E-state index in [4.69, 9.17) is 11.6 Å². The first-order chi connectivity index (χ1) is 13.8. The molecule has 0 saturated carbocycles. The van der Waals surface area contributed by atoms with Crippen LogP contribution >= 0.6 is 11.6 Å². The maximum Gasteiger partial charge on any atom is 0.264 e. The predicted molar refractivity (Wildman–Crippen MR) is 118 cm³/mol. The summed E-state index contributed by atoms with van der Waals surface area (Å²) in [4.78, 5) is 13.2. The summed E-state index contributed by atoms with van der Waals surface area (Å²) in [5, 5.41) is 13.0. The zero-order valence-electron chi connectivity index (χ0n) is 16.3. The van der Waals surface area contributed by atoms with E-state index >= 15 is 0 Å². The third kappa shape index (κ3) is 2.83. The van der Waals surface area contributed by atoms with Crippen LogP contribution in [0.1, 0.15) is 30.6 Å². The highest BCUT2D eigenvalue weighted by atomic mass is 35.5. The number of aliphatic hydroxyl groups is 1. The zero-order valence-corrected chi connectivity index (χ0v) is 17.1. The van der Waals surface area contributed by atoms with Crippen LogP contribution in [-0.4, -0.2) is 25.7 Å². The number of nitrogens with zero attached hydrogens (tertiary/aromatic N) is 2. The fraction of sp³-hybridized carbons (Fsp3) is 0.208. The number of carbonyl (C=O) groups is 1. The van der Waals surface area contributed by atoms with Crippen molar-refractivity contribution in [2.24, 2.45) is 0 Å². The van der Waals surface area contributed by atoms with Crippen LogP contribution in [0.25, 0.3) is 32.8 Å². The molecule has 3 aromatic heterocycles. The van der Waals surface area contributed by atoms with E-state index in [0.717, 1.165) is 32.8 Å². The maximum absolute atomic E-state index is 13.2. The Labute approximate surface area is 173 Å². The molecule has 3 heterocycles. The van der Waals surface area contributed by atoms with Crippen molar-refractivity contribution in [3.05, 3.63) is 71.2 Å². The summed E-state index contributed by atoms with van der Waals surface area (Å²) < 4.78 is 3.96. The molecule has 0 spiro atoms. The number of fused-ring (bicyclic) bond motifs is 1. The number of aromatic nitrogens is 2. The standard InChI is InChI=1S/C24H21ClN2O2/c1-24(2,29)11-12-26-20-10-6-4-7-16(20)18-13-15-14-21(22(18)26)27(15)23(28)17-8-3-5-9-19(17)25/h3-10,13-14,29H,11-12H2,1-2H3. The number of aryl methyl sites for hydroxylation is 1. The molecule has 6 aromatic rings. The molecule has 0 amide bonds. The van der Waals surface area contributed by atoms with Gasteiger partial charge < -0.3 is 9.67 Å². The van der Waals surface area contributed by atoms with Gasteiger partial charge in [0.15, 0.2) is 0 Å². The molecule has 6 rings (SSSR count). The van der Waals surface area contributed by atoms with Crippen LogP contribution in [-0.2, 0) is 6.54 Å². The minimum absolute atomic E-state index is 0.121. The Hall–Kier alpha value is -2.82. The van der Waals surface area contributed by atoms with Gasteiger partial charge in [0.25, 0.3) is 5.91 Å². The van der Waals surface area contributed by atoms with E-state index in [1.54, 1.807) is 16.7 Å². The SMILES string of the molecule is CC(C)(O)CCn1c2ccccc2c2cc3cc(c21)N3C(=O)c1ccccc1Cl. The van der Waals surface area contributed by atoms with E-state index in [0.29, 0.717) is 23.6 Å². The van der Waals surface area contributed by atoms with Gasteiger partial charge in [-0.05, 0) is 50.6 Å². The van der Waals surface area contributed by atoms with Gasteiger partial charge in [-0.1, -0.05) is 41.9 Å². The topological polar surface area (TPSA) is 47.2 Å². The molecule has 0 aliphatic rings. The second-order valence-corrected chi connectivity index (χ2v) is 8.62. The van der Waals surface area contributed by atoms with Crippen LogP contribution in [0.15, 0.2) is 60.7 Å². The van der Waals surface area contributed by atoms with E-state index < -0.39 is 5.60 Å². The van der Waals surface area contributed by atoms with Crippen LogP contribution in [0.3, 0.4) is 0 Å². The Bertz CT molecular complexity index is 1370. The molecule has 0 radical (unpaired) electrons. The Balaban J connectivity index is 1.74. The molecule has 1 N–H and O–H groups in total. The van der Waals surface area contributed by atoms with Crippen LogP contribution < -0.4 is 0 Å². The lowest BCUT2D eigenvalue weighted by atomic mass is 10.1. The van der Waals surface area contributed by atoms with Crippen molar-refractivity contribution in [2.75, 3.05) is 0 Å². The number of rotatable bonds is 4. The van der Waals surface area contributed by atoms with Crippen molar-refractivity contribution in [3.63, 3.8) is 0 Å². The van der Waals surface area contributed by atoms with Gasteiger partial charge in [0.1, 0.15) is 0 Å². The van der Waals surface area contributed by atoms with Gasteiger partial charge in [0, 0.05) is 22.8 Å². The molecule has 29 heavy (non-hydrogen) atoms. The number of benzene rings is 3. The van der Waals surface area contributed by atoms with Crippen LogP contribution in [0.2, 0.25) is 5.02 Å². The summed E-state index contributed by atoms with van der Waals surface area (Å²) in [7, 11) is 0. The van der Waals surface area contributed by atoms with Gasteiger partial charge in [0.05, 0.1) is 32.7 Å². The Morgan fingerprint density at radius 2 is 1.72 bits per heavy atom. The first kappa shape index (κ1) is 18.2. The van der Waals surface area contributed by atoms with Crippen molar-refractivity contribution in [1.82, 2.24) is 9.13 Å². The van der Waals surface area contributed by atoms with E-state index in [-0.39, 0.29) is 5.91 Å². The minimum atomic E-state index is -0.769. The third-order valence-corrected chi connectivity index (χ3v) is 5.91. The van der Waals surface area contributed by atoms with Gasteiger partial charge in [-0.3, -0.25) is 9.36 Å². The van der Waals surface area contributed by atoms with E-state index in [1.807, 2.05) is 44.2 Å². The molecule has 0 atom stereocenters. The molecule has 5 heteroatoms. The monoisotopic (exact) mass is 404 g/mol. The highest BCUT2D eigenvalue weighted by Crippen LogP contribution is 2.38. The van der Waals surface area contributed by atoms with E-state index in [1.165, 1.54) is 0 Å². The summed E-state index contributed by atoms with van der Waals surface area (Å²) in [5.41, 5.74) is 3.61. The third-order valence-electron chi connectivity index (χ3n) is 5.58. The van der Waals surface area contributed by atoms with E-state index in [2.05, 4.69) is 22.8 Å². The average molecular weight is 405 g/mol. The Morgan fingerprint density at radius 3 is 2.48 bits per heavy atom. The average Bonchev–Trinajstić information content (AvgIpc) is 3.00. The van der Waals surface area contributed by atoms with Crippen molar-refractivity contribution in [3.8, 4) is 0 Å². The smallest absolute Gasteiger partial charge is 0.264 e. The lowest BCUT2D eigenvalue weighted by Crippen LogP contribution is -2.22. The van der Waals surface area contributed by atoms with Gasteiger partial charge in [-0.2, -0.15) is 0 Å². The first-order valence-corrected chi connectivity index (χ1v) is 10.1. The molecular formula is C24H21ClN2O2. The number of halogens is 1. The van der Waals surface area contributed by atoms with Crippen LogP contribution in [0.5, 0.6) is 0 Å². The largest absolute Gasteiger partial charge is 0.390 e. The quantitative estimate of drug-likeness (QED) is 0.418. The predicted octanol–water partition coefficient (Wildman–Crippen LogP) is 5.69. The van der Waals surface area contributed by atoms with E-state index in [9.17, 15) is 9.90 Å².